The van der Waals surface area contributed by atoms with E-state index < -0.39 is 14.3 Å². The summed E-state index contributed by atoms with van der Waals surface area (Å²) in [5.41, 5.74) is 0.760. The molecular formula is C8H19NO4PSY+. The van der Waals surface area contributed by atoms with E-state index in [0.717, 1.165) is 17.4 Å². The van der Waals surface area contributed by atoms with Gasteiger partial charge >= 0.3 is 5.97 Å². The molecule has 0 bridgehead atoms. The Morgan fingerprint density at radius 1 is 1.56 bits per heavy atom. The number of carbonyl (C=O) groups is 2. The van der Waals surface area contributed by atoms with Gasteiger partial charge in [-0.2, -0.15) is 5.09 Å². The largest absolute Gasteiger partial charge is 0.480 e. The molecular weight excluding hydrogens is 326 g/mol. The van der Waals surface area contributed by atoms with E-state index in [1.165, 1.54) is 0 Å². The predicted octanol–water partition coefficient (Wildman–Crippen LogP) is 1.30. The van der Waals surface area contributed by atoms with Crippen LogP contribution < -0.4 is 5.09 Å². The minimum absolute atomic E-state index is 0. The zero-order valence-electron chi connectivity index (χ0n) is 9.86. The fraction of sp³-hybridized carbons (Fsp3) is 0.750. The van der Waals surface area contributed by atoms with E-state index in [4.69, 9.17) is 9.63 Å². The standard InChI is InChI=1S/C6H12NO4PS.C2H6.Y/c1-12(7-4-6(9)10)11-2-3-13-5-8;1-2;/h5,7H,2-4H2,1H3,(H,9,10);1-2H3;/p+1. The van der Waals surface area contributed by atoms with Crippen LogP contribution in [-0.4, -0.2) is 42.3 Å². The molecule has 1 radical (unpaired) electrons. The van der Waals surface area contributed by atoms with Crippen LogP contribution in [0.3, 0.4) is 0 Å². The van der Waals surface area contributed by atoms with Gasteiger partial charge in [0.1, 0.15) is 13.2 Å². The summed E-state index contributed by atoms with van der Waals surface area (Å²) < 4.78 is 5.24. The second-order valence-corrected chi connectivity index (χ2v) is 4.81. The number of hydrogen-bond donors (Lipinski definition) is 2. The first kappa shape index (κ1) is 22.2. The Labute approximate surface area is 127 Å². The van der Waals surface area contributed by atoms with Gasteiger partial charge in [0.15, 0.2) is 13.9 Å². The Hall–Kier alpha value is 0.944. The second kappa shape index (κ2) is 18.3. The molecule has 0 saturated carbocycles. The van der Waals surface area contributed by atoms with E-state index >= 15 is 0 Å². The van der Waals surface area contributed by atoms with Gasteiger partial charge in [0.2, 0.25) is 0 Å². The molecule has 1 unspecified atom stereocenters. The van der Waals surface area contributed by atoms with Crippen LogP contribution in [0.2, 0.25) is 0 Å². The molecule has 0 spiro atoms. The smallest absolute Gasteiger partial charge is 0.321 e. The van der Waals surface area contributed by atoms with Crippen LogP contribution in [-0.2, 0) is 46.8 Å². The van der Waals surface area contributed by atoms with E-state index in [2.05, 4.69) is 5.09 Å². The van der Waals surface area contributed by atoms with E-state index in [1.807, 2.05) is 20.5 Å². The Kier molecular flexibility index (Phi) is 25.4. The molecule has 0 aliphatic rings. The molecule has 0 fully saturated rings. The van der Waals surface area contributed by atoms with E-state index in [9.17, 15) is 9.59 Å². The third kappa shape index (κ3) is 20.4. The Morgan fingerprint density at radius 3 is 2.56 bits per heavy atom. The third-order valence-electron chi connectivity index (χ3n) is 1.08. The molecule has 8 heteroatoms. The molecule has 0 aromatic rings. The van der Waals surface area contributed by atoms with Crippen molar-refractivity contribution in [3.63, 3.8) is 0 Å². The minimum Gasteiger partial charge on any atom is -0.480 e. The Balaban J connectivity index is -0.000000529. The van der Waals surface area contributed by atoms with Gasteiger partial charge in [0, 0.05) is 38.5 Å². The second-order valence-electron chi connectivity index (χ2n) is 2.12. The Morgan fingerprint density at radius 2 is 2.12 bits per heavy atom. The average molecular weight is 345 g/mol. The van der Waals surface area contributed by atoms with Crippen LogP contribution in [0.25, 0.3) is 0 Å². The fourth-order valence-electron chi connectivity index (χ4n) is 0.542. The number of carbonyl (C=O) groups excluding carboxylic acids is 1. The summed E-state index contributed by atoms with van der Waals surface area (Å²) in [7, 11) is -1.23. The summed E-state index contributed by atoms with van der Waals surface area (Å²) in [4.78, 5) is 20.0. The zero-order chi connectivity index (χ0) is 12.1. The molecule has 0 heterocycles. The van der Waals surface area contributed by atoms with Gasteiger partial charge < -0.3 is 5.11 Å². The fourth-order valence-corrected chi connectivity index (χ4v) is 1.88. The first-order chi connectivity index (χ1) is 7.16. The van der Waals surface area contributed by atoms with E-state index in [-0.39, 0.29) is 39.3 Å². The quantitative estimate of drug-likeness (QED) is 0.392. The number of carboxylic acid groups (broad SMARTS) is 1. The van der Waals surface area contributed by atoms with Crippen molar-refractivity contribution in [2.75, 3.05) is 25.6 Å². The molecule has 0 rings (SSSR count). The van der Waals surface area contributed by atoms with Crippen LogP contribution >= 0.6 is 20.1 Å². The third-order valence-corrected chi connectivity index (χ3v) is 2.93. The topological polar surface area (TPSA) is 75.6 Å². The molecule has 93 valence electrons. The number of nitrogens with one attached hydrogen (secondary N) is 1. The first-order valence-corrected chi connectivity index (χ1v) is 7.59. The van der Waals surface area contributed by atoms with Crippen molar-refractivity contribution in [2.24, 2.45) is 0 Å². The van der Waals surface area contributed by atoms with Crippen molar-refractivity contribution in [1.29, 1.82) is 0 Å². The summed E-state index contributed by atoms with van der Waals surface area (Å²) in [5, 5.41) is 11.1. The van der Waals surface area contributed by atoms with Crippen molar-refractivity contribution < 1.29 is 51.9 Å². The Bertz CT molecular complexity index is 176. The van der Waals surface area contributed by atoms with E-state index in [0.29, 0.717) is 12.4 Å². The molecule has 0 aliphatic carbocycles. The minimum atomic E-state index is -1.23. The molecule has 1 atom stereocenters. The summed E-state index contributed by atoms with van der Waals surface area (Å²) in [6.45, 7) is 6.21. The van der Waals surface area contributed by atoms with Crippen LogP contribution in [0, 0.1) is 0 Å². The monoisotopic (exact) mass is 345 g/mol. The summed E-state index contributed by atoms with van der Waals surface area (Å²) in [6, 6.07) is 0. The molecule has 0 aliphatic heterocycles. The number of hydrogen-bond acceptors (Lipinski definition) is 5. The number of aliphatic carboxylic acids is 1. The van der Waals surface area contributed by atoms with Crippen LogP contribution in [0.4, 0.5) is 0 Å². The number of carboxylic acids is 1. The SMILES string of the molecule is CC.C[PH+](NCC(=O)O)OCCSC=O.[Y]. The van der Waals surface area contributed by atoms with Crippen LogP contribution in [0.15, 0.2) is 0 Å². The molecule has 0 aromatic heterocycles. The summed E-state index contributed by atoms with van der Waals surface area (Å²) >= 11 is 1.14. The molecule has 0 amide bonds. The molecule has 2 N–H and O–H groups in total. The van der Waals surface area contributed by atoms with Crippen molar-refractivity contribution >= 4 is 31.6 Å². The molecule has 0 aromatic carbocycles. The maximum atomic E-state index is 10.1. The average Bonchev–Trinajstić information content (AvgIpc) is 2.24. The maximum absolute atomic E-state index is 10.1. The van der Waals surface area contributed by atoms with Gasteiger partial charge in [-0.15, -0.1) is 0 Å². The van der Waals surface area contributed by atoms with Gasteiger partial charge in [-0.1, -0.05) is 25.6 Å². The van der Waals surface area contributed by atoms with Crippen molar-refractivity contribution in [3.8, 4) is 0 Å². The number of thioether (sulfide) groups is 1. The summed E-state index contributed by atoms with van der Waals surface area (Å²) in [5.74, 6) is -0.282. The first-order valence-electron chi connectivity index (χ1n) is 4.64. The van der Waals surface area contributed by atoms with Crippen molar-refractivity contribution in [2.45, 2.75) is 13.8 Å². The van der Waals surface area contributed by atoms with Crippen LogP contribution in [0.1, 0.15) is 13.8 Å². The van der Waals surface area contributed by atoms with E-state index in [1.54, 1.807) is 0 Å². The van der Waals surface area contributed by atoms with Crippen molar-refractivity contribution in [3.05, 3.63) is 0 Å². The van der Waals surface area contributed by atoms with Gasteiger partial charge in [-0.05, 0) is 0 Å². The van der Waals surface area contributed by atoms with Gasteiger partial charge in [0.05, 0.1) is 6.66 Å². The summed E-state index contributed by atoms with van der Waals surface area (Å²) in [6.07, 6.45) is 0. The maximum Gasteiger partial charge on any atom is 0.321 e. The molecule has 0 saturated heterocycles. The molecule has 5 nitrogen and oxygen atoms in total. The molecule has 16 heavy (non-hydrogen) atoms. The van der Waals surface area contributed by atoms with Gasteiger partial charge in [0.25, 0.3) is 0 Å². The predicted molar refractivity (Wildman–Crippen MR) is 66.4 cm³/mol. The van der Waals surface area contributed by atoms with Crippen molar-refractivity contribution in [1.82, 2.24) is 5.09 Å². The van der Waals surface area contributed by atoms with Gasteiger partial charge in [-0.3, -0.25) is 9.59 Å². The zero-order valence-corrected chi connectivity index (χ0v) is 14.5. The number of rotatable bonds is 8. The van der Waals surface area contributed by atoms with Crippen LogP contribution in [0.5, 0.6) is 0 Å². The normalized spacial score (nSPS) is 10.4. The van der Waals surface area contributed by atoms with Gasteiger partial charge in [-0.25, -0.2) is 4.52 Å².